The first kappa shape index (κ1) is 9.29. The lowest BCUT2D eigenvalue weighted by atomic mass is 10.2. The topological polar surface area (TPSA) is 43.4 Å². The van der Waals surface area contributed by atoms with Gasteiger partial charge in [-0.1, -0.05) is 6.92 Å². The molecule has 0 aromatic heterocycles. The zero-order chi connectivity index (χ0) is 8.70. The Labute approximate surface area is 71.1 Å². The molecule has 0 N–H and O–H groups in total. The van der Waals surface area contributed by atoms with E-state index in [2.05, 4.69) is 0 Å². The van der Waals surface area contributed by atoms with Crippen molar-refractivity contribution in [2.45, 2.75) is 18.6 Å². The van der Waals surface area contributed by atoms with Crippen LogP contribution in [-0.2, 0) is 13.8 Å². The van der Waals surface area contributed by atoms with Crippen molar-refractivity contribution >= 4 is 19.7 Å². The largest absolute Gasteiger partial charge is 0.384 e. The van der Waals surface area contributed by atoms with Crippen LogP contribution in [0.4, 0.5) is 0 Å². The van der Waals surface area contributed by atoms with Crippen molar-refractivity contribution in [1.29, 1.82) is 0 Å². The van der Waals surface area contributed by atoms with Crippen molar-refractivity contribution in [3.63, 3.8) is 0 Å². The molecule has 11 heavy (non-hydrogen) atoms. The lowest BCUT2D eigenvalue weighted by Crippen LogP contribution is -2.13. The molecule has 2 atom stereocenters. The lowest BCUT2D eigenvalue weighted by molar-refractivity contribution is 0.150. The van der Waals surface area contributed by atoms with Gasteiger partial charge >= 0.3 is 0 Å². The minimum absolute atomic E-state index is 0.241. The first-order valence-electron chi connectivity index (χ1n) is 3.32. The Hall–Kier alpha value is 0.200. The molecular weight excluding hydrogens is 188 g/mol. The summed E-state index contributed by atoms with van der Waals surface area (Å²) in [6.07, 6.45) is 0.618. The van der Waals surface area contributed by atoms with Crippen molar-refractivity contribution < 1.29 is 13.2 Å². The Balaban J connectivity index is 2.60. The van der Waals surface area contributed by atoms with Crippen LogP contribution in [0, 0.1) is 5.41 Å². The minimum atomic E-state index is -3.37. The van der Waals surface area contributed by atoms with Gasteiger partial charge in [-0.05, 0) is 6.42 Å². The van der Waals surface area contributed by atoms with E-state index in [1.54, 1.807) is 7.11 Å². The van der Waals surface area contributed by atoms with Crippen LogP contribution in [0.25, 0.3) is 0 Å². The van der Waals surface area contributed by atoms with Crippen LogP contribution in [0.5, 0.6) is 0 Å². The van der Waals surface area contributed by atoms with Gasteiger partial charge in [0.05, 0.1) is 11.9 Å². The molecule has 3 nitrogen and oxygen atoms in total. The highest BCUT2D eigenvalue weighted by Crippen LogP contribution is 2.51. The molecule has 0 aromatic rings. The summed E-state index contributed by atoms with van der Waals surface area (Å²) >= 11 is 0. The van der Waals surface area contributed by atoms with E-state index in [9.17, 15) is 8.42 Å². The first-order valence-corrected chi connectivity index (χ1v) is 5.70. The van der Waals surface area contributed by atoms with Crippen molar-refractivity contribution in [1.82, 2.24) is 0 Å². The van der Waals surface area contributed by atoms with Gasteiger partial charge in [-0.3, -0.25) is 0 Å². The molecule has 1 aliphatic carbocycles. The highest BCUT2D eigenvalue weighted by molar-refractivity contribution is 8.14. The van der Waals surface area contributed by atoms with Gasteiger partial charge in [0.15, 0.2) is 0 Å². The van der Waals surface area contributed by atoms with Gasteiger partial charge in [0, 0.05) is 23.2 Å². The molecule has 66 valence electrons. The predicted octanol–water partition coefficient (Wildman–Crippen LogP) is 0.980. The number of methoxy groups -OCH3 is 1. The minimum Gasteiger partial charge on any atom is -0.384 e. The second kappa shape index (κ2) is 2.61. The molecule has 0 bridgehead atoms. The second-order valence-electron chi connectivity index (χ2n) is 3.26. The third-order valence-electron chi connectivity index (χ3n) is 2.08. The SMILES string of the molecule is COC[C@@]1(C)C[C@@H]1S(=O)(=O)Cl. The van der Waals surface area contributed by atoms with Crippen LogP contribution in [0.2, 0.25) is 0 Å². The van der Waals surface area contributed by atoms with Gasteiger partial charge in [0.25, 0.3) is 0 Å². The summed E-state index contributed by atoms with van der Waals surface area (Å²) in [7, 11) is 3.36. The number of rotatable bonds is 3. The van der Waals surface area contributed by atoms with E-state index in [0.29, 0.717) is 13.0 Å². The van der Waals surface area contributed by atoms with E-state index < -0.39 is 14.3 Å². The zero-order valence-electron chi connectivity index (χ0n) is 6.50. The van der Waals surface area contributed by atoms with E-state index in [-0.39, 0.29) is 5.41 Å². The third-order valence-corrected chi connectivity index (χ3v) is 4.14. The summed E-state index contributed by atoms with van der Waals surface area (Å²) in [4.78, 5) is 0. The van der Waals surface area contributed by atoms with Crippen LogP contribution in [0.3, 0.4) is 0 Å². The normalized spacial score (nSPS) is 37.2. The molecule has 1 fully saturated rings. The van der Waals surface area contributed by atoms with E-state index in [1.165, 1.54) is 0 Å². The molecule has 0 heterocycles. The Bertz CT molecular complexity index is 249. The first-order chi connectivity index (χ1) is 4.90. The number of halogens is 1. The predicted molar refractivity (Wildman–Crippen MR) is 43.2 cm³/mol. The van der Waals surface area contributed by atoms with Crippen LogP contribution in [0.15, 0.2) is 0 Å². The zero-order valence-corrected chi connectivity index (χ0v) is 8.07. The van der Waals surface area contributed by atoms with Crippen molar-refractivity contribution in [2.75, 3.05) is 13.7 Å². The fourth-order valence-corrected chi connectivity index (χ4v) is 3.45. The smallest absolute Gasteiger partial charge is 0.236 e. The second-order valence-corrected chi connectivity index (χ2v) is 6.07. The molecule has 1 aliphatic rings. The van der Waals surface area contributed by atoms with Crippen LogP contribution in [0.1, 0.15) is 13.3 Å². The van der Waals surface area contributed by atoms with E-state index >= 15 is 0 Å². The maximum atomic E-state index is 10.8. The summed E-state index contributed by atoms with van der Waals surface area (Å²) in [5.74, 6) is 0. The molecule has 0 saturated heterocycles. The van der Waals surface area contributed by atoms with Gasteiger partial charge in [-0.2, -0.15) is 0 Å². The quantitative estimate of drug-likeness (QED) is 0.635. The maximum Gasteiger partial charge on any atom is 0.236 e. The maximum absolute atomic E-state index is 10.8. The van der Waals surface area contributed by atoms with E-state index in [0.717, 1.165) is 0 Å². The summed E-state index contributed by atoms with van der Waals surface area (Å²) in [6, 6.07) is 0. The average Bonchev–Trinajstić information content (AvgIpc) is 2.41. The molecule has 1 saturated carbocycles. The van der Waals surface area contributed by atoms with Crippen molar-refractivity contribution in [2.24, 2.45) is 5.41 Å². The Morgan fingerprint density at radius 1 is 1.73 bits per heavy atom. The fourth-order valence-electron chi connectivity index (χ4n) is 1.29. The van der Waals surface area contributed by atoms with Crippen LogP contribution in [-0.4, -0.2) is 27.4 Å². The lowest BCUT2D eigenvalue weighted by Gasteiger charge is -2.06. The average molecular weight is 199 g/mol. The molecule has 0 radical (unpaired) electrons. The van der Waals surface area contributed by atoms with Gasteiger partial charge < -0.3 is 4.74 Å². The highest BCUT2D eigenvalue weighted by atomic mass is 35.7. The molecule has 0 unspecified atom stereocenters. The Morgan fingerprint density at radius 3 is 2.55 bits per heavy atom. The van der Waals surface area contributed by atoms with Gasteiger partial charge in [-0.25, -0.2) is 8.42 Å². The number of hydrogen-bond acceptors (Lipinski definition) is 3. The van der Waals surface area contributed by atoms with Gasteiger partial charge in [-0.15, -0.1) is 0 Å². The molecule has 0 amide bonds. The fraction of sp³-hybridized carbons (Fsp3) is 1.00. The summed E-state index contributed by atoms with van der Waals surface area (Å²) in [6.45, 7) is 2.32. The molecule has 1 rings (SSSR count). The van der Waals surface area contributed by atoms with Gasteiger partial charge in [0.2, 0.25) is 9.05 Å². The monoisotopic (exact) mass is 198 g/mol. The Morgan fingerprint density at radius 2 is 2.27 bits per heavy atom. The van der Waals surface area contributed by atoms with E-state index in [1.807, 2.05) is 6.92 Å². The Kier molecular flexibility index (Phi) is 2.20. The summed E-state index contributed by atoms with van der Waals surface area (Å²) in [5.41, 5.74) is -0.241. The third kappa shape index (κ3) is 1.86. The van der Waals surface area contributed by atoms with Crippen LogP contribution >= 0.6 is 10.7 Å². The molecule has 0 aromatic carbocycles. The number of ether oxygens (including phenoxy) is 1. The summed E-state index contributed by atoms with van der Waals surface area (Å²) in [5, 5.41) is -0.406. The van der Waals surface area contributed by atoms with Crippen molar-refractivity contribution in [3.05, 3.63) is 0 Å². The summed E-state index contributed by atoms with van der Waals surface area (Å²) < 4.78 is 26.5. The van der Waals surface area contributed by atoms with Crippen LogP contribution < -0.4 is 0 Å². The molecule has 0 aliphatic heterocycles. The highest BCUT2D eigenvalue weighted by Gasteiger charge is 2.57. The van der Waals surface area contributed by atoms with E-state index in [4.69, 9.17) is 15.4 Å². The number of hydrogen-bond donors (Lipinski definition) is 0. The molecule has 5 heteroatoms. The van der Waals surface area contributed by atoms with Crippen molar-refractivity contribution in [3.8, 4) is 0 Å². The molecule has 0 spiro atoms. The molecular formula is C6H11ClO3S. The standard InChI is InChI=1S/C6H11ClO3S/c1-6(4-10-2)3-5(6)11(7,8)9/h5H,3-4H2,1-2H3/t5-,6+/m0/s1. The van der Waals surface area contributed by atoms with Gasteiger partial charge in [0.1, 0.15) is 0 Å².